The number of nitrogens with zero attached hydrogens (tertiary/aromatic N) is 2. The van der Waals surface area contributed by atoms with Crippen LogP contribution in [0.3, 0.4) is 0 Å². The Hall–Kier alpha value is -1.60. The normalized spacial score (nSPS) is 10.1. The van der Waals surface area contributed by atoms with E-state index in [1.165, 1.54) is 11.3 Å². The fourth-order valence-corrected chi connectivity index (χ4v) is 2.49. The summed E-state index contributed by atoms with van der Waals surface area (Å²) in [6, 6.07) is 7.64. The zero-order chi connectivity index (χ0) is 13.0. The van der Waals surface area contributed by atoms with Crippen molar-refractivity contribution in [1.29, 1.82) is 0 Å². The molecule has 1 aromatic heterocycles. The van der Waals surface area contributed by atoms with E-state index in [1.807, 2.05) is 30.5 Å². The zero-order valence-electron chi connectivity index (χ0n) is 9.93. The van der Waals surface area contributed by atoms with Gasteiger partial charge in [0.2, 0.25) is 10.1 Å². The van der Waals surface area contributed by atoms with Crippen LogP contribution in [-0.2, 0) is 0 Å². The van der Waals surface area contributed by atoms with Gasteiger partial charge in [-0.2, -0.15) is 0 Å². The molecule has 5 nitrogen and oxygen atoms in total. The lowest BCUT2D eigenvalue weighted by Gasteiger charge is -2.07. The Labute approximate surface area is 113 Å². The number of hydrogen-bond acceptors (Lipinski definition) is 6. The molecular formula is C11H12N4OS2. The van der Waals surface area contributed by atoms with Crippen molar-refractivity contribution in [3.8, 4) is 0 Å². The Morgan fingerprint density at radius 3 is 2.78 bits per heavy atom. The van der Waals surface area contributed by atoms with Crippen LogP contribution in [0.15, 0.2) is 29.2 Å². The summed E-state index contributed by atoms with van der Waals surface area (Å²) in [6.07, 6.45) is 1.97. The molecule has 0 aliphatic rings. The molecule has 94 valence electrons. The van der Waals surface area contributed by atoms with E-state index < -0.39 is 0 Å². The van der Waals surface area contributed by atoms with Crippen LogP contribution in [0.1, 0.15) is 9.80 Å². The molecule has 1 aromatic carbocycles. The lowest BCUT2D eigenvalue weighted by molar-refractivity contribution is 0.102. The van der Waals surface area contributed by atoms with Crippen molar-refractivity contribution in [2.45, 2.75) is 4.90 Å². The molecule has 2 aromatic rings. The predicted molar refractivity (Wildman–Crippen MR) is 75.6 cm³/mol. The Morgan fingerprint density at radius 2 is 2.11 bits per heavy atom. The molecule has 0 atom stereocenters. The lowest BCUT2D eigenvalue weighted by atomic mass is 10.3. The summed E-state index contributed by atoms with van der Waals surface area (Å²) in [4.78, 5) is 13.0. The van der Waals surface area contributed by atoms with Crippen LogP contribution in [-0.4, -0.2) is 29.4 Å². The molecule has 0 spiro atoms. The molecule has 0 aliphatic heterocycles. The van der Waals surface area contributed by atoms with Crippen molar-refractivity contribution in [2.24, 2.45) is 0 Å². The second kappa shape index (κ2) is 5.83. The van der Waals surface area contributed by atoms with Crippen molar-refractivity contribution in [1.82, 2.24) is 10.2 Å². The second-order valence-electron chi connectivity index (χ2n) is 3.32. The molecule has 2 N–H and O–H groups in total. The average Bonchev–Trinajstić information content (AvgIpc) is 2.88. The van der Waals surface area contributed by atoms with Gasteiger partial charge in [0.05, 0.1) is 5.69 Å². The maximum absolute atomic E-state index is 12.0. The Kier molecular flexibility index (Phi) is 4.16. The van der Waals surface area contributed by atoms with E-state index in [9.17, 15) is 4.79 Å². The highest BCUT2D eigenvalue weighted by atomic mass is 32.2. The number of benzene rings is 1. The van der Waals surface area contributed by atoms with E-state index in [1.54, 1.807) is 18.8 Å². The topological polar surface area (TPSA) is 66.9 Å². The Morgan fingerprint density at radius 1 is 1.33 bits per heavy atom. The van der Waals surface area contributed by atoms with Crippen LogP contribution < -0.4 is 10.6 Å². The number of amides is 1. The number of carbonyl (C=O) groups excluding carboxylic acids is 1. The van der Waals surface area contributed by atoms with Gasteiger partial charge >= 0.3 is 0 Å². The maximum Gasteiger partial charge on any atom is 0.286 e. The molecule has 1 heterocycles. The summed E-state index contributed by atoms with van der Waals surface area (Å²) in [6.45, 7) is 0. The van der Waals surface area contributed by atoms with Crippen LogP contribution in [0.4, 0.5) is 10.8 Å². The number of carbonyl (C=O) groups is 1. The summed E-state index contributed by atoms with van der Waals surface area (Å²) in [5.74, 6) is -0.240. The smallest absolute Gasteiger partial charge is 0.286 e. The number of para-hydroxylation sites is 1. The van der Waals surface area contributed by atoms with E-state index in [0.29, 0.717) is 10.1 Å². The number of nitrogens with one attached hydrogen (secondary N) is 2. The van der Waals surface area contributed by atoms with Gasteiger partial charge in [-0.05, 0) is 18.4 Å². The minimum absolute atomic E-state index is 0.240. The van der Waals surface area contributed by atoms with Crippen molar-refractivity contribution >= 4 is 39.8 Å². The fourth-order valence-electron chi connectivity index (χ4n) is 1.34. The highest BCUT2D eigenvalue weighted by Gasteiger charge is 2.13. The van der Waals surface area contributed by atoms with Gasteiger partial charge in [-0.25, -0.2) is 0 Å². The SMILES string of the molecule is CNc1nnc(C(=O)Nc2ccccc2SC)s1. The molecule has 0 bridgehead atoms. The van der Waals surface area contributed by atoms with Gasteiger partial charge in [0, 0.05) is 11.9 Å². The Balaban J connectivity index is 2.16. The molecule has 0 aliphatic carbocycles. The van der Waals surface area contributed by atoms with Gasteiger partial charge in [0.15, 0.2) is 0 Å². The van der Waals surface area contributed by atoms with Crippen molar-refractivity contribution < 1.29 is 4.79 Å². The number of aromatic nitrogens is 2. The van der Waals surface area contributed by atoms with E-state index in [-0.39, 0.29) is 5.91 Å². The van der Waals surface area contributed by atoms with Gasteiger partial charge < -0.3 is 10.6 Å². The first-order chi connectivity index (χ1) is 8.74. The van der Waals surface area contributed by atoms with Gasteiger partial charge in [0.25, 0.3) is 5.91 Å². The summed E-state index contributed by atoms with van der Waals surface area (Å²) in [5, 5.41) is 14.3. The molecule has 7 heteroatoms. The molecule has 1 amide bonds. The number of rotatable bonds is 4. The quantitative estimate of drug-likeness (QED) is 0.843. The lowest BCUT2D eigenvalue weighted by Crippen LogP contribution is -2.12. The monoisotopic (exact) mass is 280 g/mol. The molecule has 18 heavy (non-hydrogen) atoms. The summed E-state index contributed by atoms with van der Waals surface area (Å²) in [5.41, 5.74) is 0.788. The number of hydrogen-bond donors (Lipinski definition) is 2. The van der Waals surface area contributed by atoms with Gasteiger partial charge in [0.1, 0.15) is 0 Å². The van der Waals surface area contributed by atoms with Crippen LogP contribution in [0.25, 0.3) is 0 Å². The minimum Gasteiger partial charge on any atom is -0.363 e. The van der Waals surface area contributed by atoms with Crippen molar-refractivity contribution in [3.63, 3.8) is 0 Å². The minimum atomic E-state index is -0.240. The molecular weight excluding hydrogens is 268 g/mol. The molecule has 2 rings (SSSR count). The number of anilines is 2. The molecule has 0 unspecified atom stereocenters. The second-order valence-corrected chi connectivity index (χ2v) is 5.14. The highest BCUT2D eigenvalue weighted by Crippen LogP contribution is 2.25. The highest BCUT2D eigenvalue weighted by molar-refractivity contribution is 7.98. The largest absolute Gasteiger partial charge is 0.363 e. The van der Waals surface area contributed by atoms with E-state index in [2.05, 4.69) is 20.8 Å². The third kappa shape index (κ3) is 2.80. The summed E-state index contributed by atoms with van der Waals surface area (Å²) >= 11 is 2.80. The molecule has 0 radical (unpaired) electrons. The first kappa shape index (κ1) is 12.8. The summed E-state index contributed by atoms with van der Waals surface area (Å²) < 4.78 is 0. The van der Waals surface area contributed by atoms with E-state index in [4.69, 9.17) is 0 Å². The van der Waals surface area contributed by atoms with Crippen LogP contribution in [0.5, 0.6) is 0 Å². The van der Waals surface area contributed by atoms with Gasteiger partial charge in [-0.3, -0.25) is 4.79 Å². The van der Waals surface area contributed by atoms with E-state index >= 15 is 0 Å². The molecule has 0 saturated heterocycles. The summed E-state index contributed by atoms with van der Waals surface area (Å²) in [7, 11) is 1.74. The third-order valence-electron chi connectivity index (χ3n) is 2.19. The van der Waals surface area contributed by atoms with Gasteiger partial charge in [-0.15, -0.1) is 22.0 Å². The Bertz CT molecular complexity index is 555. The van der Waals surface area contributed by atoms with Crippen molar-refractivity contribution in [3.05, 3.63) is 29.3 Å². The van der Waals surface area contributed by atoms with Crippen LogP contribution in [0, 0.1) is 0 Å². The van der Waals surface area contributed by atoms with E-state index in [0.717, 1.165) is 10.6 Å². The first-order valence-corrected chi connectivity index (χ1v) is 7.24. The van der Waals surface area contributed by atoms with Gasteiger partial charge in [-0.1, -0.05) is 23.5 Å². The van der Waals surface area contributed by atoms with Crippen LogP contribution in [0.2, 0.25) is 0 Å². The first-order valence-electron chi connectivity index (χ1n) is 5.20. The predicted octanol–water partition coefficient (Wildman–Crippen LogP) is 2.55. The molecule has 0 saturated carbocycles. The standard InChI is InChI=1S/C11H12N4OS2/c1-12-11-15-14-10(18-11)9(16)13-7-5-3-4-6-8(7)17-2/h3-6H,1-2H3,(H,12,15)(H,13,16). The third-order valence-corrected chi connectivity index (χ3v) is 3.92. The average molecular weight is 280 g/mol. The molecule has 0 fully saturated rings. The van der Waals surface area contributed by atoms with Crippen molar-refractivity contribution in [2.75, 3.05) is 23.9 Å². The van der Waals surface area contributed by atoms with Crippen LogP contribution >= 0.6 is 23.1 Å². The number of thioether (sulfide) groups is 1. The fraction of sp³-hybridized carbons (Fsp3) is 0.182. The zero-order valence-corrected chi connectivity index (χ0v) is 11.6. The maximum atomic E-state index is 12.0.